The highest BCUT2D eigenvalue weighted by Gasteiger charge is 2.38. The summed E-state index contributed by atoms with van der Waals surface area (Å²) in [6.07, 6.45) is 3.66. The zero-order valence-corrected chi connectivity index (χ0v) is 40.9. The Kier molecular flexibility index (Phi) is 21.7. The van der Waals surface area contributed by atoms with E-state index in [2.05, 4.69) is 47.1 Å². The number of carbonyl (C=O) groups excluding carboxylic acids is 7. The number of benzene rings is 2. The lowest BCUT2D eigenvalue weighted by molar-refractivity contribution is -0.139. The van der Waals surface area contributed by atoms with Gasteiger partial charge in [-0.05, 0) is 90.8 Å². The molecule has 65 heavy (non-hydrogen) atoms. The number of rotatable bonds is 28. The van der Waals surface area contributed by atoms with Crippen molar-refractivity contribution < 1.29 is 47.8 Å². The van der Waals surface area contributed by atoms with E-state index in [0.29, 0.717) is 25.0 Å². The lowest BCUT2D eigenvalue weighted by Crippen LogP contribution is -2.53. The Bertz CT molecular complexity index is 1890. The first-order valence-electron chi connectivity index (χ1n) is 23.7. The summed E-state index contributed by atoms with van der Waals surface area (Å²) >= 11 is 0. The van der Waals surface area contributed by atoms with Crippen LogP contribution in [0.25, 0.3) is 11.1 Å². The zero-order chi connectivity index (χ0) is 48.5. The van der Waals surface area contributed by atoms with E-state index in [9.17, 15) is 33.6 Å². The molecule has 0 aliphatic carbocycles. The number of Topliss-reactive ketones (excluding diaryl/α,β-unsaturated/α-hetero) is 4. The molecule has 1 aliphatic heterocycles. The van der Waals surface area contributed by atoms with E-state index in [4.69, 9.17) is 14.2 Å². The number of ether oxygens (including phenoxy) is 3. The zero-order valence-electron chi connectivity index (χ0n) is 40.9. The van der Waals surface area contributed by atoms with E-state index < -0.39 is 76.9 Å². The van der Waals surface area contributed by atoms with E-state index in [0.717, 1.165) is 43.2 Å². The van der Waals surface area contributed by atoms with Gasteiger partial charge < -0.3 is 30.2 Å². The average Bonchev–Trinajstić information content (AvgIpc) is 4.08. The Morgan fingerprint density at radius 1 is 0.692 bits per heavy atom. The number of nitrogens with one attached hydrogen (secondary N) is 3. The summed E-state index contributed by atoms with van der Waals surface area (Å²) in [6, 6.07) is 13.6. The fraction of sp³-hybridized carbons (Fsp3) is 0.635. The van der Waals surface area contributed by atoms with Gasteiger partial charge in [-0.3, -0.25) is 28.8 Å². The van der Waals surface area contributed by atoms with Gasteiger partial charge in [0.05, 0.1) is 24.4 Å². The molecule has 1 unspecified atom stereocenters. The highest BCUT2D eigenvalue weighted by atomic mass is 16.6. The fourth-order valence-corrected chi connectivity index (χ4v) is 7.60. The van der Waals surface area contributed by atoms with Crippen molar-refractivity contribution >= 4 is 41.0 Å². The van der Waals surface area contributed by atoms with Gasteiger partial charge >= 0.3 is 6.09 Å². The monoisotopic (exact) mass is 904 g/mol. The van der Waals surface area contributed by atoms with Gasteiger partial charge in [-0.25, -0.2) is 4.79 Å². The number of amides is 3. The van der Waals surface area contributed by atoms with Gasteiger partial charge in [-0.1, -0.05) is 102 Å². The molecule has 3 amide bonds. The van der Waals surface area contributed by atoms with Crippen LogP contribution in [-0.4, -0.2) is 89.7 Å². The summed E-state index contributed by atoms with van der Waals surface area (Å²) in [5.74, 6) is -4.65. The standard InChI is InChI=1S/C52H77N3O10/c1-12-14-16-18-41(43(57)29-33(3)47(59)45-32-63-45)54-48(60)34(4)30-44(58)46(35(5)64-51(6,7)8)55-49(61)40(27-28-53-50(62)65-52(9,10)11)31-42(56)39-25-23-38(24-26-39)37-21-19-36(20-22-37)17-15-13-2/h19-26,33-35,40-41,45-46H,12-18,27-32H2,1-11H3,(H,53,62)(H,54,60)(H,55,61)/t33-,34-,35-,40-,41+,45?,46+/m1/s1. The van der Waals surface area contributed by atoms with Crippen LogP contribution in [0, 0.1) is 17.8 Å². The Labute approximate surface area is 387 Å². The number of epoxide rings is 1. The lowest BCUT2D eigenvalue weighted by Gasteiger charge is -2.32. The van der Waals surface area contributed by atoms with E-state index in [1.165, 1.54) is 5.56 Å². The second kappa shape index (κ2) is 25.8. The number of carbonyl (C=O) groups is 7. The Balaban J connectivity index is 1.81. The average molecular weight is 904 g/mol. The minimum Gasteiger partial charge on any atom is -0.444 e. The van der Waals surface area contributed by atoms with E-state index >= 15 is 0 Å². The van der Waals surface area contributed by atoms with Crippen molar-refractivity contribution in [3.63, 3.8) is 0 Å². The summed E-state index contributed by atoms with van der Waals surface area (Å²) in [5, 5.41) is 8.40. The van der Waals surface area contributed by atoms with Crippen LogP contribution in [0.5, 0.6) is 0 Å². The number of aryl methyl sites for hydroxylation is 1. The molecule has 3 rings (SSSR count). The van der Waals surface area contributed by atoms with E-state index in [-0.39, 0.29) is 49.6 Å². The Morgan fingerprint density at radius 3 is 1.83 bits per heavy atom. The lowest BCUT2D eigenvalue weighted by atomic mass is 9.91. The minimum absolute atomic E-state index is 0.0107. The maximum atomic E-state index is 14.3. The first-order valence-corrected chi connectivity index (χ1v) is 23.7. The molecule has 1 aliphatic rings. The molecule has 2 aromatic rings. The van der Waals surface area contributed by atoms with Crippen LogP contribution >= 0.6 is 0 Å². The van der Waals surface area contributed by atoms with Gasteiger partial charge in [-0.2, -0.15) is 0 Å². The number of ketones is 4. The van der Waals surface area contributed by atoms with Gasteiger partial charge in [0.2, 0.25) is 11.8 Å². The van der Waals surface area contributed by atoms with Gasteiger partial charge in [0.15, 0.2) is 23.1 Å². The molecule has 7 atom stereocenters. The topological polar surface area (TPSA) is 187 Å². The second-order valence-electron chi connectivity index (χ2n) is 19.8. The van der Waals surface area contributed by atoms with Crippen molar-refractivity contribution in [1.29, 1.82) is 0 Å². The maximum Gasteiger partial charge on any atom is 0.407 e. The van der Waals surface area contributed by atoms with Crippen LogP contribution in [-0.2, 0) is 44.6 Å². The molecule has 1 heterocycles. The molecule has 1 fully saturated rings. The van der Waals surface area contributed by atoms with Crippen LogP contribution in [0.1, 0.15) is 156 Å². The number of alkyl carbamates (subject to hydrolysis) is 1. The van der Waals surface area contributed by atoms with Crippen LogP contribution in [0.4, 0.5) is 4.79 Å². The molecule has 0 saturated carbocycles. The van der Waals surface area contributed by atoms with Crippen LogP contribution in [0.2, 0.25) is 0 Å². The van der Waals surface area contributed by atoms with Crippen molar-refractivity contribution in [1.82, 2.24) is 16.0 Å². The molecular formula is C52H77N3O10. The SMILES string of the molecule is CCCCC[C@H](NC(=O)[C@H](C)CC(=O)[C@@H](NC(=O)[C@H](CCNC(=O)OC(C)(C)C)CC(=O)c1ccc(-c2ccc(CCCC)cc2)cc1)[C@@H](C)OC(C)(C)C)C(=O)C[C@@H](C)C(=O)C1CO1. The highest BCUT2D eigenvalue weighted by Crippen LogP contribution is 2.25. The van der Waals surface area contributed by atoms with Gasteiger partial charge in [0.1, 0.15) is 17.7 Å². The second-order valence-corrected chi connectivity index (χ2v) is 19.8. The number of unbranched alkanes of at least 4 members (excludes halogenated alkanes) is 3. The summed E-state index contributed by atoms with van der Waals surface area (Å²) in [5.41, 5.74) is 2.19. The quantitative estimate of drug-likeness (QED) is 0.0424. The third-order valence-corrected chi connectivity index (χ3v) is 11.3. The van der Waals surface area contributed by atoms with Crippen molar-refractivity contribution in [2.75, 3.05) is 13.2 Å². The van der Waals surface area contributed by atoms with Crippen molar-refractivity contribution in [2.45, 2.75) is 182 Å². The van der Waals surface area contributed by atoms with Crippen LogP contribution < -0.4 is 16.0 Å². The summed E-state index contributed by atoms with van der Waals surface area (Å²) in [4.78, 5) is 94.6. The van der Waals surface area contributed by atoms with Crippen LogP contribution in [0.3, 0.4) is 0 Å². The minimum atomic E-state index is -1.21. The molecule has 0 bridgehead atoms. The Morgan fingerprint density at radius 2 is 1.28 bits per heavy atom. The number of hydrogen-bond donors (Lipinski definition) is 3. The molecule has 13 heteroatoms. The van der Waals surface area contributed by atoms with E-state index in [1.54, 1.807) is 53.7 Å². The first-order chi connectivity index (χ1) is 30.5. The molecule has 13 nitrogen and oxygen atoms in total. The molecule has 3 N–H and O–H groups in total. The highest BCUT2D eigenvalue weighted by molar-refractivity contribution is 6.00. The normalized spacial score (nSPS) is 16.5. The smallest absolute Gasteiger partial charge is 0.407 e. The van der Waals surface area contributed by atoms with Gasteiger partial charge in [0.25, 0.3) is 0 Å². The third-order valence-electron chi connectivity index (χ3n) is 11.3. The molecule has 1 saturated heterocycles. The van der Waals surface area contributed by atoms with Crippen molar-refractivity contribution in [3.8, 4) is 11.1 Å². The fourth-order valence-electron chi connectivity index (χ4n) is 7.60. The molecule has 360 valence electrons. The first kappa shape index (κ1) is 54.6. The molecule has 0 spiro atoms. The molecule has 0 aromatic heterocycles. The molecular weight excluding hydrogens is 827 g/mol. The molecule has 2 aromatic carbocycles. The molecule has 0 radical (unpaired) electrons. The Hall–Kier alpha value is -4.75. The summed E-state index contributed by atoms with van der Waals surface area (Å²) < 4.78 is 16.7. The van der Waals surface area contributed by atoms with Gasteiger partial charge in [0, 0.05) is 49.1 Å². The largest absolute Gasteiger partial charge is 0.444 e. The van der Waals surface area contributed by atoms with E-state index in [1.807, 2.05) is 39.8 Å². The summed E-state index contributed by atoms with van der Waals surface area (Å²) in [6.45, 7) is 20.2. The number of hydrogen-bond acceptors (Lipinski definition) is 10. The predicted molar refractivity (Wildman–Crippen MR) is 252 cm³/mol. The predicted octanol–water partition coefficient (Wildman–Crippen LogP) is 8.71. The third kappa shape index (κ3) is 19.7. The van der Waals surface area contributed by atoms with Crippen molar-refractivity contribution in [3.05, 3.63) is 59.7 Å². The summed E-state index contributed by atoms with van der Waals surface area (Å²) in [7, 11) is 0. The van der Waals surface area contributed by atoms with Crippen LogP contribution in [0.15, 0.2) is 48.5 Å². The maximum absolute atomic E-state index is 14.3. The van der Waals surface area contributed by atoms with Crippen molar-refractivity contribution in [2.24, 2.45) is 17.8 Å². The van der Waals surface area contributed by atoms with Gasteiger partial charge in [-0.15, -0.1) is 0 Å².